The number of nitrogens with two attached hydrogens (primary N) is 1. The summed E-state index contributed by atoms with van der Waals surface area (Å²) in [5.74, 6) is 1.15. The van der Waals surface area contributed by atoms with Crippen molar-refractivity contribution in [1.29, 1.82) is 5.26 Å². The van der Waals surface area contributed by atoms with E-state index < -0.39 is 0 Å². The number of aryl methyl sites for hydroxylation is 1. The number of rotatable bonds is 2. The maximum absolute atomic E-state index is 9.68. The Kier molecular flexibility index (Phi) is 3.51. The highest BCUT2D eigenvalue weighted by molar-refractivity contribution is 6.08. The Morgan fingerprint density at radius 1 is 1.15 bits per heavy atom. The van der Waals surface area contributed by atoms with E-state index in [9.17, 15) is 5.26 Å². The largest absolute Gasteiger partial charge is 0.496 e. The molecule has 0 atom stereocenters. The van der Waals surface area contributed by atoms with Crippen LogP contribution in [0.4, 0.5) is 5.82 Å². The van der Waals surface area contributed by atoms with Gasteiger partial charge in [-0.05, 0) is 31.5 Å². The van der Waals surface area contributed by atoms with Crippen LogP contribution in [0.15, 0.2) is 36.8 Å². The van der Waals surface area contributed by atoms with Crippen molar-refractivity contribution in [3.63, 3.8) is 0 Å². The van der Waals surface area contributed by atoms with Gasteiger partial charge in [-0.2, -0.15) is 5.26 Å². The molecule has 26 heavy (non-hydrogen) atoms. The van der Waals surface area contributed by atoms with Gasteiger partial charge in [0.1, 0.15) is 23.2 Å². The van der Waals surface area contributed by atoms with Crippen LogP contribution in [0.5, 0.6) is 5.75 Å². The van der Waals surface area contributed by atoms with Gasteiger partial charge in [-0.1, -0.05) is 6.07 Å². The van der Waals surface area contributed by atoms with Crippen LogP contribution in [-0.2, 0) is 0 Å². The molecular weight excluding hydrogens is 326 g/mol. The molecule has 0 amide bonds. The number of nitriles is 1. The zero-order valence-electron chi connectivity index (χ0n) is 14.7. The topological polar surface area (TPSA) is 89.8 Å². The summed E-state index contributed by atoms with van der Waals surface area (Å²) >= 11 is 0. The summed E-state index contributed by atoms with van der Waals surface area (Å²) < 4.78 is 7.41. The zero-order valence-corrected chi connectivity index (χ0v) is 14.7. The first kappa shape index (κ1) is 15.9. The zero-order chi connectivity index (χ0) is 18.4. The van der Waals surface area contributed by atoms with Crippen LogP contribution in [0, 0.1) is 25.2 Å². The average Bonchev–Trinajstić information content (AvgIpc) is 2.94. The predicted molar refractivity (Wildman–Crippen MR) is 102 cm³/mol. The molecule has 0 saturated carbocycles. The van der Waals surface area contributed by atoms with Crippen molar-refractivity contribution in [3.8, 4) is 17.5 Å². The van der Waals surface area contributed by atoms with E-state index in [1.54, 1.807) is 25.7 Å². The van der Waals surface area contributed by atoms with E-state index in [2.05, 4.69) is 16.0 Å². The van der Waals surface area contributed by atoms with E-state index in [4.69, 9.17) is 10.5 Å². The summed E-state index contributed by atoms with van der Waals surface area (Å²) in [6, 6.07) is 7.99. The number of aromatic nitrogens is 3. The van der Waals surface area contributed by atoms with Gasteiger partial charge in [0.2, 0.25) is 0 Å². The molecule has 6 heteroatoms. The van der Waals surface area contributed by atoms with Gasteiger partial charge >= 0.3 is 0 Å². The molecule has 3 aromatic heterocycles. The number of hydrogen-bond acceptors (Lipinski definition) is 5. The number of anilines is 1. The van der Waals surface area contributed by atoms with Crippen LogP contribution in [0.25, 0.3) is 27.5 Å². The second kappa shape index (κ2) is 5.74. The van der Waals surface area contributed by atoms with Gasteiger partial charge in [-0.15, -0.1) is 0 Å². The van der Waals surface area contributed by atoms with Gasteiger partial charge in [0.15, 0.2) is 0 Å². The molecule has 0 bridgehead atoms. The molecule has 3 heterocycles. The number of nitrogens with zero attached hydrogens (tertiary/aromatic N) is 4. The number of ether oxygens (including phenoxy) is 1. The van der Waals surface area contributed by atoms with Gasteiger partial charge < -0.3 is 10.5 Å². The third-order valence-corrected chi connectivity index (χ3v) is 4.77. The first-order valence-electron chi connectivity index (χ1n) is 8.15. The van der Waals surface area contributed by atoms with Crippen molar-refractivity contribution in [1.82, 2.24) is 14.5 Å². The molecule has 0 fully saturated rings. The molecule has 0 radical (unpaired) electrons. The molecule has 4 aromatic rings. The van der Waals surface area contributed by atoms with Crippen LogP contribution in [0.1, 0.15) is 16.7 Å². The molecule has 1 aromatic carbocycles. The van der Waals surface area contributed by atoms with Crippen molar-refractivity contribution in [2.24, 2.45) is 0 Å². The van der Waals surface area contributed by atoms with Crippen LogP contribution in [0.3, 0.4) is 0 Å². The summed E-state index contributed by atoms with van der Waals surface area (Å²) in [5, 5.41) is 11.2. The van der Waals surface area contributed by atoms with E-state index in [0.29, 0.717) is 16.8 Å². The smallest absolute Gasteiger partial charge is 0.127 e. The molecule has 0 aliphatic rings. The van der Waals surface area contributed by atoms with Gasteiger partial charge in [0.05, 0.1) is 23.8 Å². The quantitative estimate of drug-likeness (QED) is 0.600. The molecule has 0 spiro atoms. The molecule has 0 saturated heterocycles. The second-order valence-corrected chi connectivity index (χ2v) is 6.18. The van der Waals surface area contributed by atoms with E-state index >= 15 is 0 Å². The Hall–Kier alpha value is -3.59. The Balaban J connectivity index is 2.27. The van der Waals surface area contributed by atoms with Crippen molar-refractivity contribution < 1.29 is 4.74 Å². The molecular formula is C20H17N5O. The van der Waals surface area contributed by atoms with E-state index in [1.165, 1.54) is 0 Å². The van der Waals surface area contributed by atoms with E-state index in [1.807, 2.05) is 36.6 Å². The first-order chi connectivity index (χ1) is 12.6. The number of nitrogen functional groups attached to an aromatic ring is 1. The number of fused-ring (bicyclic) bond motifs is 3. The third-order valence-electron chi connectivity index (χ3n) is 4.77. The third kappa shape index (κ3) is 2.04. The molecule has 128 valence electrons. The minimum absolute atomic E-state index is 0.389. The SMILES string of the molecule is COc1ccc(C)c(-n2c(N)c(C#N)c3cnc4ccncc4c32)c1C. The van der Waals surface area contributed by atoms with Gasteiger partial charge in [-0.3, -0.25) is 14.5 Å². The Morgan fingerprint density at radius 2 is 1.96 bits per heavy atom. The van der Waals surface area contributed by atoms with Crippen LogP contribution < -0.4 is 10.5 Å². The predicted octanol–water partition coefficient (Wildman–Crippen LogP) is 3.65. The maximum atomic E-state index is 9.68. The second-order valence-electron chi connectivity index (χ2n) is 6.18. The maximum Gasteiger partial charge on any atom is 0.127 e. The highest BCUT2D eigenvalue weighted by Gasteiger charge is 2.22. The Morgan fingerprint density at radius 3 is 2.69 bits per heavy atom. The highest BCUT2D eigenvalue weighted by Crippen LogP contribution is 2.38. The fraction of sp³-hybridized carbons (Fsp3) is 0.150. The Bertz CT molecular complexity index is 1220. The highest BCUT2D eigenvalue weighted by atomic mass is 16.5. The fourth-order valence-corrected chi connectivity index (χ4v) is 3.55. The van der Waals surface area contributed by atoms with Crippen LogP contribution >= 0.6 is 0 Å². The number of methoxy groups -OCH3 is 1. The lowest BCUT2D eigenvalue weighted by atomic mass is 10.1. The number of benzene rings is 1. The van der Waals surface area contributed by atoms with Gasteiger partial charge in [0, 0.05) is 34.9 Å². The fourth-order valence-electron chi connectivity index (χ4n) is 3.55. The summed E-state index contributed by atoms with van der Waals surface area (Å²) in [6.45, 7) is 4.00. The molecule has 0 aliphatic heterocycles. The lowest BCUT2D eigenvalue weighted by Gasteiger charge is -2.17. The van der Waals surface area contributed by atoms with Crippen molar-refractivity contribution in [2.75, 3.05) is 12.8 Å². The average molecular weight is 343 g/mol. The number of hydrogen-bond donors (Lipinski definition) is 1. The minimum Gasteiger partial charge on any atom is -0.496 e. The van der Waals surface area contributed by atoms with Gasteiger partial charge in [-0.25, -0.2) is 0 Å². The summed E-state index contributed by atoms with van der Waals surface area (Å²) in [4.78, 5) is 8.70. The lowest BCUT2D eigenvalue weighted by molar-refractivity contribution is 0.411. The van der Waals surface area contributed by atoms with Gasteiger partial charge in [0.25, 0.3) is 0 Å². The van der Waals surface area contributed by atoms with E-state index in [-0.39, 0.29) is 0 Å². The molecule has 0 aliphatic carbocycles. The van der Waals surface area contributed by atoms with Crippen molar-refractivity contribution in [2.45, 2.75) is 13.8 Å². The summed E-state index contributed by atoms with van der Waals surface area (Å²) in [6.07, 6.45) is 5.16. The van der Waals surface area contributed by atoms with E-state index in [0.717, 1.165) is 39.0 Å². The van der Waals surface area contributed by atoms with Crippen molar-refractivity contribution in [3.05, 3.63) is 53.5 Å². The number of pyridine rings is 2. The van der Waals surface area contributed by atoms with Crippen LogP contribution in [0.2, 0.25) is 0 Å². The summed E-state index contributed by atoms with van der Waals surface area (Å²) in [7, 11) is 1.64. The standard InChI is InChI=1S/C20H17N5O/c1-11-4-5-17(26-3)12(2)18(11)25-19-14(13(8-21)20(25)22)10-24-16-6-7-23-9-15(16)19/h4-7,9-10H,22H2,1-3H3. The Labute approximate surface area is 150 Å². The minimum atomic E-state index is 0.389. The molecule has 6 nitrogen and oxygen atoms in total. The molecule has 4 rings (SSSR count). The van der Waals surface area contributed by atoms with Crippen LogP contribution in [-0.4, -0.2) is 21.6 Å². The molecule has 2 N–H and O–H groups in total. The van der Waals surface area contributed by atoms with Crippen molar-refractivity contribution >= 4 is 27.6 Å². The monoisotopic (exact) mass is 343 g/mol. The summed E-state index contributed by atoms with van der Waals surface area (Å²) in [5.41, 5.74) is 11.4. The first-order valence-corrected chi connectivity index (χ1v) is 8.15. The molecule has 0 unspecified atom stereocenters. The lowest BCUT2D eigenvalue weighted by Crippen LogP contribution is -2.06. The normalized spacial score (nSPS) is 11.0.